The van der Waals surface area contributed by atoms with Crippen molar-refractivity contribution in [2.24, 2.45) is 0 Å². The van der Waals surface area contributed by atoms with Gasteiger partial charge < -0.3 is 5.11 Å². The Morgan fingerprint density at radius 1 is 1.67 bits per heavy atom. The molecule has 0 bridgehead atoms. The standard InChI is InChI=1S/C8H17N2O2/c1-7(2)10(3)5-4-8(12)9(10)6-11/h6-8,12H,4-5H2,1-3H3/q+1/t8-,10?/m1/s1. The molecule has 1 rings (SSSR count). The van der Waals surface area contributed by atoms with Crippen LogP contribution in [-0.2, 0) is 4.79 Å². The highest BCUT2D eigenvalue weighted by atomic mass is 16.3. The third-order valence-electron chi connectivity index (χ3n) is 2.89. The molecule has 0 aliphatic carbocycles. The van der Waals surface area contributed by atoms with Gasteiger partial charge >= 0.3 is 0 Å². The van der Waals surface area contributed by atoms with E-state index in [1.54, 1.807) is 0 Å². The maximum Gasteiger partial charge on any atom is 0.258 e. The molecule has 0 spiro atoms. The second-order valence-electron chi connectivity index (χ2n) is 3.79. The minimum atomic E-state index is -0.602. The largest absolute Gasteiger partial charge is 0.369 e. The van der Waals surface area contributed by atoms with Crippen molar-refractivity contribution in [2.45, 2.75) is 32.5 Å². The van der Waals surface area contributed by atoms with Crippen LogP contribution in [0.4, 0.5) is 0 Å². The van der Waals surface area contributed by atoms with Crippen molar-refractivity contribution in [3.8, 4) is 0 Å². The van der Waals surface area contributed by atoms with Crippen LogP contribution in [0.3, 0.4) is 0 Å². The summed E-state index contributed by atoms with van der Waals surface area (Å²) in [5.74, 6) is 0. The molecule has 1 fully saturated rings. The number of amides is 1. The van der Waals surface area contributed by atoms with Crippen LogP contribution < -0.4 is 0 Å². The summed E-state index contributed by atoms with van der Waals surface area (Å²) in [4.78, 5) is 10.7. The Balaban J connectivity index is 2.84. The molecule has 0 saturated carbocycles. The molecule has 1 aliphatic rings. The maximum atomic E-state index is 10.7. The third-order valence-corrected chi connectivity index (χ3v) is 2.89. The van der Waals surface area contributed by atoms with Crippen LogP contribution in [-0.4, -0.2) is 47.0 Å². The van der Waals surface area contributed by atoms with Gasteiger partial charge in [-0.25, -0.2) is 4.59 Å². The molecule has 1 heterocycles. The van der Waals surface area contributed by atoms with Gasteiger partial charge in [0.05, 0.1) is 7.05 Å². The van der Waals surface area contributed by atoms with Crippen LogP contribution in [0.25, 0.3) is 0 Å². The average Bonchev–Trinajstić information content (AvgIpc) is 2.29. The van der Waals surface area contributed by atoms with Crippen molar-refractivity contribution in [3.05, 3.63) is 0 Å². The Morgan fingerprint density at radius 3 is 2.58 bits per heavy atom. The number of carbonyl (C=O) groups is 1. The van der Waals surface area contributed by atoms with E-state index in [0.29, 0.717) is 17.1 Å². The maximum absolute atomic E-state index is 10.7. The Hall–Kier alpha value is -0.610. The number of aliphatic hydroxyl groups excluding tert-OH is 1. The van der Waals surface area contributed by atoms with Gasteiger partial charge in [-0.2, -0.15) is 5.01 Å². The van der Waals surface area contributed by atoms with Gasteiger partial charge in [0.1, 0.15) is 12.6 Å². The summed E-state index contributed by atoms with van der Waals surface area (Å²) >= 11 is 0. The monoisotopic (exact) mass is 173 g/mol. The Labute approximate surface area is 72.9 Å². The van der Waals surface area contributed by atoms with Crippen molar-refractivity contribution in [1.29, 1.82) is 0 Å². The second kappa shape index (κ2) is 3.03. The smallest absolute Gasteiger partial charge is 0.258 e. The molecule has 1 aliphatic heterocycles. The predicted octanol–water partition coefficient (Wildman–Crippen LogP) is -0.0631. The predicted molar refractivity (Wildman–Crippen MR) is 44.7 cm³/mol. The zero-order valence-electron chi connectivity index (χ0n) is 7.90. The summed E-state index contributed by atoms with van der Waals surface area (Å²) in [6, 6.07) is 0.326. The SMILES string of the molecule is CC(C)[N+]1(C)CC[C@@H](O)N1C=O. The molecular weight excluding hydrogens is 156 g/mol. The molecule has 0 radical (unpaired) electrons. The molecule has 70 valence electrons. The quantitative estimate of drug-likeness (QED) is 0.469. The molecule has 4 heteroatoms. The number of quaternary nitrogens is 1. The molecule has 12 heavy (non-hydrogen) atoms. The average molecular weight is 173 g/mol. The van der Waals surface area contributed by atoms with Gasteiger partial charge in [-0.05, 0) is 13.8 Å². The van der Waals surface area contributed by atoms with Gasteiger partial charge in [-0.3, -0.25) is 4.79 Å². The van der Waals surface area contributed by atoms with E-state index in [0.717, 1.165) is 13.0 Å². The molecule has 0 aromatic carbocycles. The lowest BCUT2D eigenvalue weighted by Gasteiger charge is -2.38. The van der Waals surface area contributed by atoms with E-state index in [2.05, 4.69) is 13.8 Å². The van der Waals surface area contributed by atoms with Gasteiger partial charge in [0.15, 0.2) is 6.23 Å². The number of hydrogen-bond donors (Lipinski definition) is 1. The molecule has 1 N–H and O–H groups in total. The Bertz CT molecular complexity index is 184. The normalized spacial score (nSPS) is 36.1. The summed E-state index contributed by atoms with van der Waals surface area (Å²) < 4.78 is 0.519. The minimum Gasteiger partial charge on any atom is -0.369 e. The third kappa shape index (κ3) is 1.21. The van der Waals surface area contributed by atoms with Crippen LogP contribution in [0.5, 0.6) is 0 Å². The second-order valence-corrected chi connectivity index (χ2v) is 3.79. The van der Waals surface area contributed by atoms with Gasteiger partial charge in [0, 0.05) is 6.42 Å². The number of nitrogens with zero attached hydrogens (tertiary/aromatic N) is 2. The lowest BCUT2D eigenvalue weighted by molar-refractivity contribution is -1.01. The zero-order valence-corrected chi connectivity index (χ0v) is 7.90. The van der Waals surface area contributed by atoms with Crippen molar-refractivity contribution < 1.29 is 14.5 Å². The van der Waals surface area contributed by atoms with E-state index in [-0.39, 0.29) is 0 Å². The summed E-state index contributed by atoms with van der Waals surface area (Å²) in [6.07, 6.45) is 0.806. The first-order chi connectivity index (χ1) is 5.52. The molecule has 0 aromatic rings. The van der Waals surface area contributed by atoms with E-state index < -0.39 is 6.23 Å². The topological polar surface area (TPSA) is 40.5 Å². The first-order valence-electron chi connectivity index (χ1n) is 4.29. The Kier molecular flexibility index (Phi) is 2.39. The minimum absolute atomic E-state index is 0.326. The molecule has 1 saturated heterocycles. The fourth-order valence-electron chi connectivity index (χ4n) is 1.63. The summed E-state index contributed by atoms with van der Waals surface area (Å²) in [6.45, 7) is 4.93. The zero-order chi connectivity index (χ0) is 9.35. The molecule has 4 nitrogen and oxygen atoms in total. The van der Waals surface area contributed by atoms with Crippen LogP contribution in [0.2, 0.25) is 0 Å². The number of carbonyl (C=O) groups excluding carboxylic acids is 1. The molecule has 1 unspecified atom stereocenters. The molecule has 2 atom stereocenters. The van der Waals surface area contributed by atoms with Gasteiger partial charge in [0.25, 0.3) is 6.41 Å². The molecule has 0 aromatic heterocycles. The lowest BCUT2D eigenvalue weighted by atomic mass is 10.3. The van der Waals surface area contributed by atoms with Crippen molar-refractivity contribution in [2.75, 3.05) is 13.6 Å². The van der Waals surface area contributed by atoms with E-state index >= 15 is 0 Å². The number of rotatable bonds is 2. The summed E-state index contributed by atoms with van der Waals surface area (Å²) in [7, 11) is 1.97. The Morgan fingerprint density at radius 2 is 2.25 bits per heavy atom. The van der Waals surface area contributed by atoms with E-state index in [1.165, 1.54) is 5.01 Å². The van der Waals surface area contributed by atoms with E-state index in [1.807, 2.05) is 7.05 Å². The summed E-state index contributed by atoms with van der Waals surface area (Å²) in [5.41, 5.74) is 0. The highest BCUT2D eigenvalue weighted by Gasteiger charge is 2.43. The fourth-order valence-corrected chi connectivity index (χ4v) is 1.63. The van der Waals surface area contributed by atoms with Crippen molar-refractivity contribution in [3.63, 3.8) is 0 Å². The van der Waals surface area contributed by atoms with Crippen molar-refractivity contribution in [1.82, 2.24) is 5.01 Å². The van der Waals surface area contributed by atoms with Gasteiger partial charge in [-0.15, -0.1) is 0 Å². The van der Waals surface area contributed by atoms with Crippen LogP contribution in [0, 0.1) is 0 Å². The van der Waals surface area contributed by atoms with E-state index in [4.69, 9.17) is 0 Å². The highest BCUT2D eigenvalue weighted by molar-refractivity contribution is 5.45. The molecule has 1 amide bonds. The van der Waals surface area contributed by atoms with Crippen LogP contribution >= 0.6 is 0 Å². The molecular formula is C8H17N2O2+. The summed E-state index contributed by atoms with van der Waals surface area (Å²) in [5, 5.41) is 10.9. The lowest BCUT2D eigenvalue weighted by Crippen LogP contribution is -2.58. The fraction of sp³-hybridized carbons (Fsp3) is 0.875. The van der Waals surface area contributed by atoms with Gasteiger partial charge in [-0.1, -0.05) is 0 Å². The number of aliphatic hydroxyl groups is 1. The highest BCUT2D eigenvalue weighted by Crippen LogP contribution is 2.25. The first-order valence-corrected chi connectivity index (χ1v) is 4.29. The van der Waals surface area contributed by atoms with E-state index in [9.17, 15) is 9.90 Å². The first kappa shape index (κ1) is 9.48. The van der Waals surface area contributed by atoms with Gasteiger partial charge in [0.2, 0.25) is 0 Å². The van der Waals surface area contributed by atoms with Crippen LogP contribution in [0.15, 0.2) is 0 Å². The van der Waals surface area contributed by atoms with Crippen LogP contribution in [0.1, 0.15) is 20.3 Å². The number of hydrogen-bond acceptors (Lipinski definition) is 2. The van der Waals surface area contributed by atoms with Crippen molar-refractivity contribution >= 4 is 6.41 Å².